The molecule has 7 atom stereocenters. The second kappa shape index (κ2) is 10.7. The van der Waals surface area contributed by atoms with Gasteiger partial charge in [-0.2, -0.15) is 0 Å². The molecule has 2 saturated heterocycles. The van der Waals surface area contributed by atoms with E-state index in [4.69, 9.17) is 9.72 Å². The van der Waals surface area contributed by atoms with Crippen LogP contribution in [0.1, 0.15) is 82.2 Å². The van der Waals surface area contributed by atoms with Gasteiger partial charge in [-0.05, 0) is 108 Å². The van der Waals surface area contributed by atoms with Crippen molar-refractivity contribution in [3.8, 4) is 0 Å². The van der Waals surface area contributed by atoms with Gasteiger partial charge in [-0.15, -0.1) is 0 Å². The summed E-state index contributed by atoms with van der Waals surface area (Å²) in [6.07, 6.45) is 25.5. The number of H-pyrrole nitrogens is 1. The lowest BCUT2D eigenvalue weighted by Crippen LogP contribution is -2.68. The lowest BCUT2D eigenvalue weighted by Gasteiger charge is -2.59. The molecule has 3 fully saturated rings. The first-order chi connectivity index (χ1) is 20.3. The number of allylic oxidation sites excluding steroid dienone is 4. The molecule has 8 rings (SSSR count). The van der Waals surface area contributed by atoms with Gasteiger partial charge in [0, 0.05) is 46.4 Å². The summed E-state index contributed by atoms with van der Waals surface area (Å²) in [7, 11) is 0. The van der Waals surface area contributed by atoms with Crippen molar-refractivity contribution in [2.24, 2.45) is 11.3 Å². The molecule has 41 heavy (non-hydrogen) atoms. The molecule has 1 aromatic carbocycles. The molecule has 5 heteroatoms. The van der Waals surface area contributed by atoms with Crippen molar-refractivity contribution in [1.29, 1.82) is 0 Å². The Hall–Kier alpha value is -2.47. The van der Waals surface area contributed by atoms with Crippen molar-refractivity contribution in [2.75, 3.05) is 26.2 Å². The quantitative estimate of drug-likeness (QED) is 0.247. The van der Waals surface area contributed by atoms with Crippen LogP contribution in [0.5, 0.6) is 0 Å². The minimum atomic E-state index is -0.115. The molecule has 4 aliphatic heterocycles. The van der Waals surface area contributed by atoms with Gasteiger partial charge in [-0.1, -0.05) is 42.5 Å². The highest BCUT2D eigenvalue weighted by atomic mass is 16.6. The molecule has 2 unspecified atom stereocenters. The number of epoxide rings is 1. The zero-order chi connectivity index (χ0) is 27.3. The fourth-order valence-electron chi connectivity index (χ4n) is 9.64. The number of piperidine rings is 1. The van der Waals surface area contributed by atoms with Crippen molar-refractivity contribution < 1.29 is 4.74 Å². The zero-order valence-electron chi connectivity index (χ0n) is 24.5. The van der Waals surface area contributed by atoms with Crippen LogP contribution >= 0.6 is 0 Å². The Kier molecular flexibility index (Phi) is 6.81. The van der Waals surface area contributed by atoms with Gasteiger partial charge in [0.1, 0.15) is 5.60 Å². The van der Waals surface area contributed by atoms with E-state index in [9.17, 15) is 0 Å². The minimum absolute atomic E-state index is 0.115. The van der Waals surface area contributed by atoms with Crippen LogP contribution in [-0.2, 0) is 4.74 Å². The summed E-state index contributed by atoms with van der Waals surface area (Å²) in [4.78, 5) is 11.9. The van der Waals surface area contributed by atoms with E-state index in [1.807, 2.05) is 0 Å². The fourth-order valence-corrected chi connectivity index (χ4v) is 9.64. The van der Waals surface area contributed by atoms with E-state index in [0.29, 0.717) is 17.9 Å². The van der Waals surface area contributed by atoms with Crippen molar-refractivity contribution in [3.05, 3.63) is 66.5 Å². The van der Waals surface area contributed by atoms with Crippen LogP contribution in [0.3, 0.4) is 0 Å². The van der Waals surface area contributed by atoms with E-state index in [1.54, 1.807) is 0 Å². The second-order valence-electron chi connectivity index (χ2n) is 13.6. The van der Waals surface area contributed by atoms with E-state index in [1.165, 1.54) is 105 Å². The van der Waals surface area contributed by atoms with Crippen LogP contribution in [0, 0.1) is 11.3 Å². The van der Waals surface area contributed by atoms with E-state index >= 15 is 0 Å². The summed E-state index contributed by atoms with van der Waals surface area (Å²) in [5.41, 5.74) is 3.75. The first kappa shape index (κ1) is 26.2. The molecule has 0 radical (unpaired) electrons. The van der Waals surface area contributed by atoms with Crippen LogP contribution < -0.4 is 5.32 Å². The number of fused-ring (bicyclic) bond motifs is 4. The van der Waals surface area contributed by atoms with Gasteiger partial charge in [-0.3, -0.25) is 4.98 Å². The summed E-state index contributed by atoms with van der Waals surface area (Å²) >= 11 is 0. The molecular formula is C36H46N4O. The van der Waals surface area contributed by atoms with Crippen molar-refractivity contribution >= 4 is 21.8 Å². The number of hydrogen-bond donors (Lipinski definition) is 2. The predicted molar refractivity (Wildman–Crippen MR) is 167 cm³/mol. The molecule has 1 aliphatic carbocycles. The Bertz CT molecular complexity index is 1460. The van der Waals surface area contributed by atoms with Crippen molar-refractivity contribution in [3.63, 3.8) is 0 Å². The first-order valence-electron chi connectivity index (χ1n) is 16.6. The van der Waals surface area contributed by atoms with Gasteiger partial charge in [0.15, 0.2) is 0 Å². The predicted octanol–water partition coefficient (Wildman–Crippen LogP) is 7.26. The fraction of sp³-hybridized carbons (Fsp3) is 0.583. The maximum absolute atomic E-state index is 7.19. The summed E-state index contributed by atoms with van der Waals surface area (Å²) in [5.74, 6) is 0.867. The maximum atomic E-state index is 7.19. The van der Waals surface area contributed by atoms with E-state index < -0.39 is 0 Å². The normalized spacial score (nSPS) is 39.4. The van der Waals surface area contributed by atoms with E-state index in [0.717, 1.165) is 19.4 Å². The number of pyridine rings is 1. The largest absolute Gasteiger partial charge is 0.364 e. The van der Waals surface area contributed by atoms with Crippen molar-refractivity contribution in [2.45, 2.75) is 94.3 Å². The third-order valence-electron chi connectivity index (χ3n) is 11.4. The maximum Gasteiger partial charge on any atom is 0.112 e. The summed E-state index contributed by atoms with van der Waals surface area (Å²) in [6.45, 7) is 4.71. The lowest BCUT2D eigenvalue weighted by molar-refractivity contribution is -0.0577. The molecule has 1 saturated carbocycles. The Morgan fingerprint density at radius 1 is 0.854 bits per heavy atom. The molecule has 3 bridgehead atoms. The molecule has 2 spiro atoms. The lowest BCUT2D eigenvalue weighted by atomic mass is 9.50. The van der Waals surface area contributed by atoms with Gasteiger partial charge in [0.05, 0.1) is 17.3 Å². The summed E-state index contributed by atoms with van der Waals surface area (Å²) in [5, 5.41) is 6.86. The molecule has 0 amide bonds. The first-order valence-corrected chi connectivity index (χ1v) is 16.6. The minimum Gasteiger partial charge on any atom is -0.364 e. The van der Waals surface area contributed by atoms with Crippen molar-refractivity contribution in [1.82, 2.24) is 20.2 Å². The number of rotatable bonds is 1. The number of hydrogen-bond acceptors (Lipinski definition) is 4. The highest BCUT2D eigenvalue weighted by Crippen LogP contribution is 2.67. The SMILES string of the molecule is C1=C\CC[C@]23CN4CCCC/C=C\CC[C@@]5(OC5[C@@H](c5nccc6c5[nH]c5ccccc56)[C@@H]2CC4)[C@@H]3NCCCC/1. The van der Waals surface area contributed by atoms with Crippen LogP contribution in [0.25, 0.3) is 21.8 Å². The third-order valence-corrected chi connectivity index (χ3v) is 11.4. The second-order valence-corrected chi connectivity index (χ2v) is 13.6. The molecular weight excluding hydrogens is 504 g/mol. The molecule has 216 valence electrons. The van der Waals surface area contributed by atoms with Gasteiger partial charge >= 0.3 is 0 Å². The summed E-state index contributed by atoms with van der Waals surface area (Å²) < 4.78 is 7.19. The number of aromatic nitrogens is 2. The number of ether oxygens (including phenoxy) is 1. The highest BCUT2D eigenvalue weighted by molar-refractivity contribution is 6.07. The Labute approximate surface area is 244 Å². The summed E-state index contributed by atoms with van der Waals surface area (Å²) in [6, 6.07) is 11.4. The highest BCUT2D eigenvalue weighted by Gasteiger charge is 2.75. The number of para-hydroxylation sites is 1. The average molecular weight is 551 g/mol. The Balaban J connectivity index is 1.30. The molecule has 6 heterocycles. The smallest absolute Gasteiger partial charge is 0.112 e. The topological polar surface area (TPSA) is 56.5 Å². The Morgan fingerprint density at radius 3 is 2.61 bits per heavy atom. The monoisotopic (exact) mass is 550 g/mol. The number of nitrogens with zero attached hydrogens (tertiary/aromatic N) is 2. The number of aromatic amines is 1. The van der Waals surface area contributed by atoms with Gasteiger partial charge in [0.25, 0.3) is 0 Å². The van der Waals surface area contributed by atoms with E-state index in [-0.39, 0.29) is 17.1 Å². The molecule has 5 nitrogen and oxygen atoms in total. The third kappa shape index (κ3) is 4.34. The van der Waals surface area contributed by atoms with Gasteiger partial charge < -0.3 is 19.9 Å². The van der Waals surface area contributed by atoms with Crippen LogP contribution in [0.4, 0.5) is 0 Å². The van der Waals surface area contributed by atoms with Gasteiger partial charge in [-0.25, -0.2) is 0 Å². The van der Waals surface area contributed by atoms with E-state index in [2.05, 4.69) is 76.0 Å². The molecule has 5 aliphatic rings. The molecule has 2 aromatic heterocycles. The van der Waals surface area contributed by atoms with Gasteiger partial charge in [0.2, 0.25) is 0 Å². The standard InChI is InChI=1S/C36H46N4O/c1-3-7-13-21-38-34-35(19-11-5-1)25-40-23-14-8-4-2-6-12-20-36(34)33(41-36)30(28(35)18-24-40)32-31-27(17-22-37-32)26-15-9-10-16-29(26)39-31/h1-2,5-6,9-10,15-17,22,28,30,33-34,38-39H,3-4,7-8,11-14,18-21,23-25H2/b5-1-,6-2-/t28-,30+,33?,34+,35-,36-/m0/s1. The average Bonchev–Trinajstić information content (AvgIpc) is 3.59. The number of benzene rings is 1. The Morgan fingerprint density at radius 2 is 1.68 bits per heavy atom. The molecule has 2 N–H and O–H groups in total. The zero-order valence-corrected chi connectivity index (χ0v) is 24.5. The molecule has 3 aromatic rings. The van der Waals surface area contributed by atoms with Crippen LogP contribution in [0.2, 0.25) is 0 Å². The van der Waals surface area contributed by atoms with Crippen LogP contribution in [-0.4, -0.2) is 58.8 Å². The van der Waals surface area contributed by atoms with Crippen LogP contribution in [0.15, 0.2) is 60.8 Å². The number of nitrogens with one attached hydrogen (secondary N) is 2.